The van der Waals surface area contributed by atoms with E-state index >= 15 is 0 Å². The fourth-order valence-corrected chi connectivity index (χ4v) is 3.32. The van der Waals surface area contributed by atoms with E-state index in [2.05, 4.69) is 13.8 Å². The molecule has 19 heavy (non-hydrogen) atoms. The normalized spacial score (nSPS) is 30.9. The molecule has 1 aromatic rings. The largest absolute Gasteiger partial charge is 0.390 e. The molecule has 1 aliphatic carbocycles. The maximum Gasteiger partial charge on any atom is 0.123 e. The van der Waals surface area contributed by atoms with E-state index in [0.29, 0.717) is 18.3 Å². The third kappa shape index (κ3) is 3.56. The molecule has 1 N–H and O–H groups in total. The maximum atomic E-state index is 13.2. The van der Waals surface area contributed by atoms with Gasteiger partial charge in [-0.15, -0.1) is 0 Å². The first kappa shape index (κ1) is 14.5. The monoisotopic (exact) mass is 264 g/mol. The first-order chi connectivity index (χ1) is 8.88. The van der Waals surface area contributed by atoms with Crippen molar-refractivity contribution < 1.29 is 9.50 Å². The Labute approximate surface area is 115 Å². The third-order valence-corrected chi connectivity index (χ3v) is 4.93. The lowest BCUT2D eigenvalue weighted by molar-refractivity contribution is -0.0315. The van der Waals surface area contributed by atoms with E-state index in [1.807, 2.05) is 13.0 Å². The van der Waals surface area contributed by atoms with E-state index in [1.54, 1.807) is 6.07 Å². The number of halogens is 1. The van der Waals surface area contributed by atoms with Crippen molar-refractivity contribution in [3.05, 3.63) is 35.6 Å². The molecule has 106 valence electrons. The quantitative estimate of drug-likeness (QED) is 0.868. The SMILES string of the molecule is CC1CCC(C(C)(O)Cc2cccc(F)c2)CC1C. The lowest BCUT2D eigenvalue weighted by Gasteiger charge is -2.40. The Hall–Kier alpha value is -0.890. The summed E-state index contributed by atoms with van der Waals surface area (Å²) in [7, 11) is 0. The lowest BCUT2D eigenvalue weighted by Crippen LogP contribution is -2.40. The van der Waals surface area contributed by atoms with Gasteiger partial charge in [-0.25, -0.2) is 4.39 Å². The summed E-state index contributed by atoms with van der Waals surface area (Å²) in [5.41, 5.74) is 0.152. The summed E-state index contributed by atoms with van der Waals surface area (Å²) < 4.78 is 13.2. The highest BCUT2D eigenvalue weighted by Gasteiger charge is 2.36. The summed E-state index contributed by atoms with van der Waals surface area (Å²) in [6, 6.07) is 6.59. The van der Waals surface area contributed by atoms with Gasteiger partial charge in [0.1, 0.15) is 5.82 Å². The molecule has 0 heterocycles. The highest BCUT2D eigenvalue weighted by Crippen LogP contribution is 2.40. The van der Waals surface area contributed by atoms with Crippen LogP contribution in [0.4, 0.5) is 4.39 Å². The van der Waals surface area contributed by atoms with Crippen LogP contribution in [-0.4, -0.2) is 10.7 Å². The highest BCUT2D eigenvalue weighted by atomic mass is 19.1. The van der Waals surface area contributed by atoms with Gasteiger partial charge in [-0.1, -0.05) is 32.4 Å². The minimum atomic E-state index is -0.734. The van der Waals surface area contributed by atoms with E-state index in [4.69, 9.17) is 0 Å². The van der Waals surface area contributed by atoms with E-state index in [1.165, 1.54) is 18.6 Å². The van der Waals surface area contributed by atoms with Crippen LogP contribution in [0.2, 0.25) is 0 Å². The zero-order valence-electron chi connectivity index (χ0n) is 12.2. The molecule has 0 bridgehead atoms. The second-order valence-electron chi connectivity index (χ2n) is 6.63. The van der Waals surface area contributed by atoms with Crippen LogP contribution in [0.5, 0.6) is 0 Å². The summed E-state index contributed by atoms with van der Waals surface area (Å²) in [4.78, 5) is 0. The zero-order chi connectivity index (χ0) is 14.0. The summed E-state index contributed by atoms with van der Waals surface area (Å²) in [6.45, 7) is 6.47. The van der Waals surface area contributed by atoms with Crippen molar-refractivity contribution in [2.24, 2.45) is 17.8 Å². The minimum absolute atomic E-state index is 0.223. The van der Waals surface area contributed by atoms with Crippen LogP contribution >= 0.6 is 0 Å². The van der Waals surface area contributed by atoms with Crippen molar-refractivity contribution in [3.63, 3.8) is 0 Å². The van der Waals surface area contributed by atoms with E-state index in [-0.39, 0.29) is 5.82 Å². The number of benzene rings is 1. The fraction of sp³-hybridized carbons (Fsp3) is 0.647. The van der Waals surface area contributed by atoms with Gasteiger partial charge in [0.2, 0.25) is 0 Å². The van der Waals surface area contributed by atoms with Crippen LogP contribution in [0.1, 0.15) is 45.6 Å². The second kappa shape index (κ2) is 5.62. The standard InChI is InChI=1S/C17H25FO/c1-12-7-8-15(9-13(12)2)17(3,19)11-14-5-4-6-16(18)10-14/h4-6,10,12-13,15,19H,7-9,11H2,1-3H3. The predicted octanol–water partition coefficient (Wildman–Crippen LogP) is 4.19. The van der Waals surface area contributed by atoms with Crippen LogP contribution in [0.15, 0.2) is 24.3 Å². The van der Waals surface area contributed by atoms with Crippen molar-refractivity contribution in [2.75, 3.05) is 0 Å². The van der Waals surface area contributed by atoms with Crippen LogP contribution in [0.25, 0.3) is 0 Å². The summed E-state index contributed by atoms with van der Waals surface area (Å²) >= 11 is 0. The van der Waals surface area contributed by atoms with Gasteiger partial charge < -0.3 is 5.11 Å². The van der Waals surface area contributed by atoms with Crippen molar-refractivity contribution >= 4 is 0 Å². The maximum absolute atomic E-state index is 13.2. The van der Waals surface area contributed by atoms with Crippen LogP contribution < -0.4 is 0 Å². The molecular weight excluding hydrogens is 239 g/mol. The van der Waals surface area contributed by atoms with Crippen molar-refractivity contribution in [3.8, 4) is 0 Å². The Morgan fingerprint density at radius 2 is 2.00 bits per heavy atom. The molecule has 1 saturated carbocycles. The molecule has 2 rings (SSSR count). The van der Waals surface area contributed by atoms with Gasteiger partial charge >= 0.3 is 0 Å². The van der Waals surface area contributed by atoms with E-state index in [9.17, 15) is 9.50 Å². The fourth-order valence-electron chi connectivity index (χ4n) is 3.32. The van der Waals surface area contributed by atoms with Crippen LogP contribution in [-0.2, 0) is 6.42 Å². The van der Waals surface area contributed by atoms with E-state index in [0.717, 1.165) is 24.3 Å². The average molecular weight is 264 g/mol. The summed E-state index contributed by atoms with van der Waals surface area (Å²) in [5.74, 6) is 1.51. The lowest BCUT2D eigenvalue weighted by atomic mass is 9.68. The van der Waals surface area contributed by atoms with Gasteiger partial charge in [-0.3, -0.25) is 0 Å². The molecule has 4 atom stereocenters. The van der Waals surface area contributed by atoms with Crippen LogP contribution in [0, 0.1) is 23.6 Å². The zero-order valence-corrected chi connectivity index (χ0v) is 12.2. The number of aliphatic hydroxyl groups is 1. The number of hydrogen-bond donors (Lipinski definition) is 1. The summed E-state index contributed by atoms with van der Waals surface area (Å²) in [5, 5.41) is 10.8. The molecule has 0 aliphatic heterocycles. The highest BCUT2D eigenvalue weighted by molar-refractivity contribution is 5.18. The molecule has 1 nitrogen and oxygen atoms in total. The molecule has 0 saturated heterocycles. The van der Waals surface area contributed by atoms with Crippen LogP contribution in [0.3, 0.4) is 0 Å². The second-order valence-corrected chi connectivity index (χ2v) is 6.63. The van der Waals surface area contributed by atoms with Gasteiger partial charge in [0, 0.05) is 6.42 Å². The molecule has 4 unspecified atom stereocenters. The van der Waals surface area contributed by atoms with E-state index < -0.39 is 5.60 Å². The van der Waals surface area contributed by atoms with Crippen molar-refractivity contribution in [1.29, 1.82) is 0 Å². The number of rotatable bonds is 3. The molecule has 0 spiro atoms. The molecule has 0 aromatic heterocycles. The summed E-state index contributed by atoms with van der Waals surface area (Å²) in [6.07, 6.45) is 3.87. The Morgan fingerprint density at radius 1 is 1.26 bits per heavy atom. The Morgan fingerprint density at radius 3 is 2.63 bits per heavy atom. The van der Waals surface area contributed by atoms with Gasteiger partial charge in [-0.2, -0.15) is 0 Å². The third-order valence-electron chi connectivity index (χ3n) is 4.93. The minimum Gasteiger partial charge on any atom is -0.390 e. The molecule has 1 fully saturated rings. The Bertz CT molecular complexity index is 427. The molecule has 0 amide bonds. The molecular formula is C17H25FO. The average Bonchev–Trinajstić information content (AvgIpc) is 2.32. The van der Waals surface area contributed by atoms with Gasteiger partial charge in [0.05, 0.1) is 5.60 Å². The Kier molecular flexibility index (Phi) is 4.29. The number of hydrogen-bond acceptors (Lipinski definition) is 1. The predicted molar refractivity (Wildman–Crippen MR) is 76.4 cm³/mol. The topological polar surface area (TPSA) is 20.2 Å². The van der Waals surface area contributed by atoms with Crippen molar-refractivity contribution in [1.82, 2.24) is 0 Å². The first-order valence-electron chi connectivity index (χ1n) is 7.35. The first-order valence-corrected chi connectivity index (χ1v) is 7.35. The Balaban J connectivity index is 2.05. The van der Waals surface area contributed by atoms with Gasteiger partial charge in [-0.05, 0) is 55.2 Å². The molecule has 1 aliphatic rings. The van der Waals surface area contributed by atoms with Gasteiger partial charge in [0.25, 0.3) is 0 Å². The van der Waals surface area contributed by atoms with Crippen molar-refractivity contribution in [2.45, 2.75) is 52.1 Å². The smallest absolute Gasteiger partial charge is 0.123 e. The van der Waals surface area contributed by atoms with Gasteiger partial charge in [0.15, 0.2) is 0 Å². The molecule has 1 aromatic carbocycles. The molecule has 2 heteroatoms. The molecule has 0 radical (unpaired) electrons.